The molecule has 0 aliphatic carbocycles. The van der Waals surface area contributed by atoms with Gasteiger partial charge in [0.1, 0.15) is 10.4 Å². The lowest BCUT2D eigenvalue weighted by atomic mass is 9.78. The lowest BCUT2D eigenvalue weighted by Gasteiger charge is -2.35. The number of rotatable bonds is 5. The second-order valence-corrected chi connectivity index (χ2v) is 5.95. The molecule has 1 aromatic heterocycles. The highest BCUT2D eigenvalue weighted by molar-refractivity contribution is 6.44. The zero-order valence-corrected chi connectivity index (χ0v) is 13.2. The van der Waals surface area contributed by atoms with Crippen LogP contribution in [0, 0.1) is 0 Å². The van der Waals surface area contributed by atoms with Gasteiger partial charge in [0.05, 0.1) is 5.92 Å². The molecule has 0 radical (unpaired) electrons. The van der Waals surface area contributed by atoms with E-state index in [-0.39, 0.29) is 0 Å². The van der Waals surface area contributed by atoms with Crippen molar-refractivity contribution in [2.45, 2.75) is 23.3 Å². The van der Waals surface area contributed by atoms with Crippen molar-refractivity contribution < 1.29 is 5.11 Å². The molecular formula is C17H17Cl2NO. The molecule has 0 saturated carbocycles. The molecule has 1 heterocycles. The van der Waals surface area contributed by atoms with Gasteiger partial charge in [-0.15, -0.1) is 23.2 Å². The van der Waals surface area contributed by atoms with Crippen molar-refractivity contribution in [2.24, 2.45) is 0 Å². The van der Waals surface area contributed by atoms with Crippen molar-refractivity contribution in [2.75, 3.05) is 0 Å². The van der Waals surface area contributed by atoms with E-state index in [0.717, 1.165) is 5.56 Å². The first kappa shape index (κ1) is 16.0. The van der Waals surface area contributed by atoms with Gasteiger partial charge in [-0.05, 0) is 18.6 Å². The van der Waals surface area contributed by atoms with Gasteiger partial charge in [0.15, 0.2) is 0 Å². The molecule has 0 aliphatic heterocycles. The minimum Gasteiger partial charge on any atom is -0.380 e. The molecule has 21 heavy (non-hydrogen) atoms. The van der Waals surface area contributed by atoms with Gasteiger partial charge < -0.3 is 5.11 Å². The lowest BCUT2D eigenvalue weighted by molar-refractivity contribution is 0.0615. The van der Waals surface area contributed by atoms with E-state index in [1.54, 1.807) is 30.6 Å². The van der Waals surface area contributed by atoms with Crippen LogP contribution in [0.3, 0.4) is 0 Å². The molecule has 2 nitrogen and oxygen atoms in total. The van der Waals surface area contributed by atoms with Gasteiger partial charge in [-0.2, -0.15) is 0 Å². The van der Waals surface area contributed by atoms with E-state index in [4.69, 9.17) is 23.2 Å². The Bertz CT molecular complexity index is 586. The predicted octanol–water partition coefficient (Wildman–Crippen LogP) is 4.43. The highest BCUT2D eigenvalue weighted by Gasteiger charge is 2.41. The number of pyridine rings is 1. The third-order valence-corrected chi connectivity index (χ3v) is 3.93. The Labute approximate surface area is 135 Å². The number of alkyl halides is 2. The first-order valence-electron chi connectivity index (χ1n) is 6.69. The van der Waals surface area contributed by atoms with Crippen molar-refractivity contribution in [1.82, 2.24) is 4.98 Å². The minimum absolute atomic E-state index is 0.498. The number of hydrogen-bond acceptors (Lipinski definition) is 2. The summed E-state index contributed by atoms with van der Waals surface area (Å²) >= 11 is 12.4. The van der Waals surface area contributed by atoms with E-state index >= 15 is 0 Å². The molecule has 0 saturated heterocycles. The fraction of sp³-hybridized carbons (Fsp3) is 0.235. The number of nitrogens with zero attached hydrogens (tertiary/aromatic N) is 1. The third kappa shape index (κ3) is 3.46. The fourth-order valence-electron chi connectivity index (χ4n) is 2.49. The van der Waals surface area contributed by atoms with Crippen molar-refractivity contribution in [3.8, 4) is 0 Å². The number of allylic oxidation sites excluding steroid dienone is 1. The van der Waals surface area contributed by atoms with Crippen molar-refractivity contribution in [3.05, 3.63) is 78.1 Å². The van der Waals surface area contributed by atoms with Crippen LogP contribution >= 0.6 is 23.2 Å². The fourth-order valence-corrected chi connectivity index (χ4v) is 3.16. The summed E-state index contributed by atoms with van der Waals surface area (Å²) in [7, 11) is 0. The molecule has 2 aromatic rings. The Morgan fingerprint density at radius 2 is 1.86 bits per heavy atom. The van der Waals surface area contributed by atoms with Crippen LogP contribution in [0.2, 0.25) is 0 Å². The van der Waals surface area contributed by atoms with Gasteiger partial charge in [-0.3, -0.25) is 4.98 Å². The molecule has 2 rings (SSSR count). The Hall–Kier alpha value is -1.35. The molecule has 0 bridgehead atoms. The first-order valence-corrected chi connectivity index (χ1v) is 7.56. The van der Waals surface area contributed by atoms with Crippen LogP contribution in [0.15, 0.2) is 67.0 Å². The largest absolute Gasteiger partial charge is 0.380 e. The summed E-state index contributed by atoms with van der Waals surface area (Å²) in [4.78, 5) is 3.32. The topological polar surface area (TPSA) is 33.1 Å². The molecule has 4 heteroatoms. The van der Waals surface area contributed by atoms with Gasteiger partial charge in [-0.25, -0.2) is 0 Å². The summed E-state index contributed by atoms with van der Waals surface area (Å²) in [6, 6.07) is 13.1. The number of benzene rings is 1. The molecule has 0 spiro atoms. The zero-order valence-electron chi connectivity index (χ0n) is 11.7. The summed E-state index contributed by atoms with van der Waals surface area (Å²) in [6.07, 6.45) is 6.79. The molecule has 0 fully saturated rings. The van der Waals surface area contributed by atoms with E-state index in [1.165, 1.54) is 0 Å². The normalized spacial score (nSPS) is 16.0. The highest BCUT2D eigenvalue weighted by Crippen LogP contribution is 2.43. The molecular weight excluding hydrogens is 305 g/mol. The Morgan fingerprint density at radius 3 is 2.38 bits per heavy atom. The van der Waals surface area contributed by atoms with E-state index in [2.05, 4.69) is 4.98 Å². The second kappa shape index (κ2) is 7.08. The monoisotopic (exact) mass is 321 g/mol. The highest BCUT2D eigenvalue weighted by atomic mass is 35.5. The second-order valence-electron chi connectivity index (χ2n) is 4.79. The smallest absolute Gasteiger partial charge is 0.119 e. The number of halogens is 2. The molecule has 0 aliphatic rings. The summed E-state index contributed by atoms with van der Waals surface area (Å²) < 4.78 is 0. The average Bonchev–Trinajstić information content (AvgIpc) is 2.49. The van der Waals surface area contributed by atoms with Crippen LogP contribution in [0.25, 0.3) is 0 Å². The van der Waals surface area contributed by atoms with Crippen molar-refractivity contribution >= 4 is 23.2 Å². The van der Waals surface area contributed by atoms with Gasteiger partial charge in [0, 0.05) is 18.0 Å². The quantitative estimate of drug-likeness (QED) is 0.652. The molecule has 2 unspecified atom stereocenters. The van der Waals surface area contributed by atoms with E-state index in [1.807, 2.05) is 43.3 Å². The lowest BCUT2D eigenvalue weighted by Crippen LogP contribution is -2.35. The van der Waals surface area contributed by atoms with Gasteiger partial charge in [-0.1, -0.05) is 48.6 Å². The first-order chi connectivity index (χ1) is 10.1. The standard InChI is InChI=1S/C17H17Cl2NO/c1-2-10-17(21,14-9-6-11-20-12-14)15(16(18)19)13-7-4-3-5-8-13/h2-12,15-16,21H,1H3/b10-2+. The summed E-state index contributed by atoms with van der Waals surface area (Å²) in [5, 5.41) is 11.3. The van der Waals surface area contributed by atoms with Crippen molar-refractivity contribution in [1.29, 1.82) is 0 Å². The van der Waals surface area contributed by atoms with Gasteiger partial charge >= 0.3 is 0 Å². The van der Waals surface area contributed by atoms with Crippen LogP contribution in [-0.2, 0) is 5.60 Å². The molecule has 1 aromatic carbocycles. The van der Waals surface area contributed by atoms with E-state index in [0.29, 0.717) is 5.56 Å². The third-order valence-electron chi connectivity index (χ3n) is 3.43. The SMILES string of the molecule is C/C=C/C(O)(c1cccnc1)C(c1ccccc1)C(Cl)Cl. The zero-order chi connectivity index (χ0) is 15.3. The van der Waals surface area contributed by atoms with Crippen LogP contribution in [0.5, 0.6) is 0 Å². The van der Waals surface area contributed by atoms with Gasteiger partial charge in [0.25, 0.3) is 0 Å². The summed E-state index contributed by atoms with van der Waals surface area (Å²) in [6.45, 7) is 1.85. The number of aliphatic hydroxyl groups is 1. The van der Waals surface area contributed by atoms with Gasteiger partial charge in [0.2, 0.25) is 0 Å². The Kier molecular flexibility index (Phi) is 5.40. The maximum Gasteiger partial charge on any atom is 0.119 e. The maximum absolute atomic E-state index is 11.3. The predicted molar refractivity (Wildman–Crippen MR) is 87.6 cm³/mol. The average molecular weight is 322 g/mol. The van der Waals surface area contributed by atoms with Crippen LogP contribution in [0.1, 0.15) is 24.0 Å². The molecule has 1 N–H and O–H groups in total. The van der Waals surface area contributed by atoms with Crippen LogP contribution < -0.4 is 0 Å². The maximum atomic E-state index is 11.3. The number of aromatic nitrogens is 1. The molecule has 0 amide bonds. The molecule has 110 valence electrons. The van der Waals surface area contributed by atoms with Crippen molar-refractivity contribution in [3.63, 3.8) is 0 Å². The van der Waals surface area contributed by atoms with E-state index in [9.17, 15) is 5.11 Å². The van der Waals surface area contributed by atoms with Crippen LogP contribution in [-0.4, -0.2) is 14.9 Å². The minimum atomic E-state index is -1.32. The summed E-state index contributed by atoms with van der Waals surface area (Å²) in [5.74, 6) is -0.498. The number of hydrogen-bond donors (Lipinski definition) is 1. The Balaban J connectivity index is 2.58. The molecule has 2 atom stereocenters. The van der Waals surface area contributed by atoms with Crippen LogP contribution in [0.4, 0.5) is 0 Å². The Morgan fingerprint density at radius 1 is 1.14 bits per heavy atom. The summed E-state index contributed by atoms with van der Waals surface area (Å²) in [5.41, 5.74) is 0.207. The van der Waals surface area contributed by atoms with E-state index < -0.39 is 16.4 Å².